The second-order valence-corrected chi connectivity index (χ2v) is 8.88. The van der Waals surface area contributed by atoms with Crippen molar-refractivity contribution in [2.24, 2.45) is 0 Å². The molecule has 0 aliphatic rings. The van der Waals surface area contributed by atoms with E-state index in [0.717, 1.165) is 4.31 Å². The fourth-order valence-electron chi connectivity index (χ4n) is 2.52. The summed E-state index contributed by atoms with van der Waals surface area (Å²) in [5.41, 5.74) is 4.44. The van der Waals surface area contributed by atoms with Gasteiger partial charge < -0.3 is 9.15 Å². The predicted octanol–water partition coefficient (Wildman–Crippen LogP) is 2.32. The molecule has 0 aliphatic carbocycles. The van der Waals surface area contributed by atoms with E-state index in [9.17, 15) is 22.4 Å². The summed E-state index contributed by atoms with van der Waals surface area (Å²) in [5.74, 6) is -1.12. The maximum atomic E-state index is 12.9. The molecule has 0 radical (unpaired) electrons. The minimum absolute atomic E-state index is 0.0123. The molecule has 0 saturated heterocycles. The SMILES string of the molecule is CN(C)S(=O)(=O)c1cccc(C(=O)NNC(=O)c2ccc(COc3ccc(F)cc3)o2)c1. The van der Waals surface area contributed by atoms with Crippen LogP contribution < -0.4 is 15.6 Å². The monoisotopic (exact) mass is 461 g/mol. The highest BCUT2D eigenvalue weighted by molar-refractivity contribution is 7.89. The van der Waals surface area contributed by atoms with Crippen molar-refractivity contribution < 1.29 is 31.6 Å². The van der Waals surface area contributed by atoms with Crippen LogP contribution in [0.1, 0.15) is 26.7 Å². The molecule has 2 N–H and O–H groups in total. The van der Waals surface area contributed by atoms with Gasteiger partial charge in [-0.3, -0.25) is 20.4 Å². The van der Waals surface area contributed by atoms with Crippen molar-refractivity contribution in [2.45, 2.75) is 11.5 Å². The lowest BCUT2D eigenvalue weighted by atomic mass is 10.2. The number of nitrogens with zero attached hydrogens (tertiary/aromatic N) is 1. The molecule has 3 aromatic rings. The van der Waals surface area contributed by atoms with Gasteiger partial charge in [-0.25, -0.2) is 17.1 Å². The number of benzene rings is 2. The summed E-state index contributed by atoms with van der Waals surface area (Å²) in [4.78, 5) is 24.5. The summed E-state index contributed by atoms with van der Waals surface area (Å²) in [6.45, 7) is 0.0123. The van der Waals surface area contributed by atoms with Crippen molar-refractivity contribution in [2.75, 3.05) is 14.1 Å². The summed E-state index contributed by atoms with van der Waals surface area (Å²) in [6.07, 6.45) is 0. The van der Waals surface area contributed by atoms with Gasteiger partial charge >= 0.3 is 5.91 Å². The number of halogens is 1. The molecule has 0 atom stereocenters. The Balaban J connectivity index is 1.57. The Labute approximate surface area is 183 Å². The van der Waals surface area contributed by atoms with Crippen LogP contribution in [0, 0.1) is 5.82 Å². The third-order valence-corrected chi connectivity index (χ3v) is 6.06. The van der Waals surface area contributed by atoms with Crippen LogP contribution in [-0.2, 0) is 16.6 Å². The van der Waals surface area contributed by atoms with Gasteiger partial charge in [0.15, 0.2) is 5.76 Å². The molecule has 168 valence electrons. The molecule has 0 aliphatic heterocycles. The highest BCUT2D eigenvalue weighted by Crippen LogP contribution is 2.16. The first-order chi connectivity index (χ1) is 15.2. The number of hydrogen-bond acceptors (Lipinski definition) is 6. The lowest BCUT2D eigenvalue weighted by Gasteiger charge is -2.12. The van der Waals surface area contributed by atoms with Gasteiger partial charge in [-0.1, -0.05) is 6.07 Å². The lowest BCUT2D eigenvalue weighted by Crippen LogP contribution is -2.41. The summed E-state index contributed by atoms with van der Waals surface area (Å²) < 4.78 is 49.2. The number of hydrazine groups is 1. The molecule has 2 aromatic carbocycles. The van der Waals surface area contributed by atoms with Gasteiger partial charge in [0, 0.05) is 19.7 Å². The second-order valence-electron chi connectivity index (χ2n) is 6.73. The van der Waals surface area contributed by atoms with Gasteiger partial charge in [0.25, 0.3) is 5.91 Å². The number of rotatable bonds is 7. The Bertz CT molecular complexity index is 1220. The predicted molar refractivity (Wildman–Crippen MR) is 112 cm³/mol. The van der Waals surface area contributed by atoms with Gasteiger partial charge in [0.1, 0.15) is 23.9 Å². The number of amides is 2. The van der Waals surface area contributed by atoms with E-state index in [1.807, 2.05) is 0 Å². The quantitative estimate of drug-likeness (QED) is 0.522. The number of sulfonamides is 1. The molecule has 0 spiro atoms. The topological polar surface area (TPSA) is 118 Å². The average molecular weight is 461 g/mol. The average Bonchev–Trinajstić information content (AvgIpc) is 3.26. The van der Waals surface area contributed by atoms with Gasteiger partial charge in [-0.15, -0.1) is 0 Å². The largest absolute Gasteiger partial charge is 0.486 e. The molecule has 0 saturated carbocycles. The molecule has 11 heteroatoms. The molecule has 3 rings (SSSR count). The van der Waals surface area contributed by atoms with Crippen molar-refractivity contribution in [1.29, 1.82) is 0 Å². The molecule has 1 aromatic heterocycles. The maximum Gasteiger partial charge on any atom is 0.305 e. The van der Waals surface area contributed by atoms with Crippen LogP contribution >= 0.6 is 0 Å². The fraction of sp³-hybridized carbons (Fsp3) is 0.143. The van der Waals surface area contributed by atoms with Crippen LogP contribution in [0.15, 0.2) is 70.0 Å². The van der Waals surface area contributed by atoms with Crippen LogP contribution in [0.5, 0.6) is 5.75 Å². The number of furan rings is 1. The van der Waals surface area contributed by atoms with E-state index in [2.05, 4.69) is 10.9 Å². The van der Waals surface area contributed by atoms with Crippen LogP contribution in [0.3, 0.4) is 0 Å². The van der Waals surface area contributed by atoms with E-state index in [1.54, 1.807) is 0 Å². The van der Waals surface area contributed by atoms with Crippen molar-refractivity contribution >= 4 is 21.8 Å². The smallest absolute Gasteiger partial charge is 0.305 e. The molecule has 0 bridgehead atoms. The van der Waals surface area contributed by atoms with Crippen molar-refractivity contribution in [1.82, 2.24) is 15.2 Å². The number of hydrogen-bond donors (Lipinski definition) is 2. The minimum atomic E-state index is -3.71. The van der Waals surface area contributed by atoms with E-state index in [1.165, 1.54) is 74.8 Å². The number of carbonyl (C=O) groups excluding carboxylic acids is 2. The van der Waals surface area contributed by atoms with E-state index < -0.39 is 21.8 Å². The summed E-state index contributed by atoms with van der Waals surface area (Å²) in [6, 6.07) is 13.7. The Morgan fingerprint density at radius 1 is 1.00 bits per heavy atom. The first kappa shape index (κ1) is 23.0. The maximum absolute atomic E-state index is 12.9. The fourth-order valence-corrected chi connectivity index (χ4v) is 3.47. The third kappa shape index (κ3) is 5.50. The standard InChI is InChI=1S/C21H20FN3O6S/c1-25(2)32(28,29)18-5-3-4-14(12-18)20(26)23-24-21(27)19-11-10-17(31-19)13-30-16-8-6-15(22)7-9-16/h3-12H,13H2,1-2H3,(H,23,26)(H,24,27). The van der Waals surface area contributed by atoms with Crippen molar-refractivity contribution in [3.63, 3.8) is 0 Å². The molecule has 0 unspecified atom stereocenters. The Morgan fingerprint density at radius 2 is 1.69 bits per heavy atom. The normalized spacial score (nSPS) is 11.2. The number of ether oxygens (including phenoxy) is 1. The molecule has 9 nitrogen and oxygen atoms in total. The van der Waals surface area contributed by atoms with Gasteiger partial charge in [-0.05, 0) is 54.6 Å². The second kappa shape index (κ2) is 9.62. The first-order valence-corrected chi connectivity index (χ1v) is 10.7. The molecule has 0 fully saturated rings. The molecule has 32 heavy (non-hydrogen) atoms. The highest BCUT2D eigenvalue weighted by atomic mass is 32.2. The zero-order valence-corrected chi connectivity index (χ0v) is 18.0. The van der Waals surface area contributed by atoms with Crippen molar-refractivity contribution in [3.8, 4) is 5.75 Å². The Morgan fingerprint density at radius 3 is 2.38 bits per heavy atom. The van der Waals surface area contributed by atoms with E-state index in [0.29, 0.717) is 11.5 Å². The Kier molecular flexibility index (Phi) is 6.91. The zero-order valence-electron chi connectivity index (χ0n) is 17.2. The minimum Gasteiger partial charge on any atom is -0.486 e. The summed E-state index contributed by atoms with van der Waals surface area (Å²) >= 11 is 0. The zero-order chi connectivity index (χ0) is 23.3. The van der Waals surface area contributed by atoms with Crippen LogP contribution in [-0.4, -0.2) is 38.6 Å². The summed E-state index contributed by atoms with van der Waals surface area (Å²) in [7, 11) is -0.952. The van der Waals surface area contributed by atoms with Gasteiger partial charge in [0.05, 0.1) is 4.90 Å². The van der Waals surface area contributed by atoms with Crippen LogP contribution in [0.25, 0.3) is 0 Å². The number of carbonyl (C=O) groups is 2. The van der Waals surface area contributed by atoms with E-state index in [4.69, 9.17) is 9.15 Å². The van der Waals surface area contributed by atoms with Crippen LogP contribution in [0.2, 0.25) is 0 Å². The van der Waals surface area contributed by atoms with Gasteiger partial charge in [0.2, 0.25) is 10.0 Å². The molecular formula is C21H20FN3O6S. The van der Waals surface area contributed by atoms with E-state index >= 15 is 0 Å². The van der Waals surface area contributed by atoms with Crippen molar-refractivity contribution in [3.05, 3.63) is 83.6 Å². The first-order valence-electron chi connectivity index (χ1n) is 9.27. The van der Waals surface area contributed by atoms with E-state index in [-0.39, 0.29) is 28.6 Å². The van der Waals surface area contributed by atoms with Gasteiger partial charge in [-0.2, -0.15) is 0 Å². The third-order valence-electron chi connectivity index (χ3n) is 4.24. The lowest BCUT2D eigenvalue weighted by molar-refractivity contribution is 0.0828. The highest BCUT2D eigenvalue weighted by Gasteiger charge is 2.19. The van der Waals surface area contributed by atoms with Crippen LogP contribution in [0.4, 0.5) is 4.39 Å². The Hall–Kier alpha value is -3.70. The molecule has 1 heterocycles. The molecular weight excluding hydrogens is 441 g/mol. The molecule has 2 amide bonds. The number of nitrogens with one attached hydrogen (secondary N) is 2. The summed E-state index contributed by atoms with van der Waals surface area (Å²) in [5, 5.41) is 0.